The van der Waals surface area contributed by atoms with Gasteiger partial charge in [0.25, 0.3) is 0 Å². The number of anilines is 1. The Morgan fingerprint density at radius 2 is 1.67 bits per heavy atom. The zero-order valence-corrected chi connectivity index (χ0v) is 13.5. The molecule has 0 fully saturated rings. The van der Waals surface area contributed by atoms with Gasteiger partial charge in [-0.05, 0) is 46.9 Å². The number of hydrogen-bond donors (Lipinski definition) is 1. The minimum absolute atomic E-state index is 0.171. The molecule has 3 heteroatoms. The van der Waals surface area contributed by atoms with Crippen LogP contribution < -0.4 is 5.73 Å². The Morgan fingerprint density at radius 1 is 1.05 bits per heavy atom. The van der Waals surface area contributed by atoms with Crippen LogP contribution in [-0.4, -0.2) is 0 Å². The van der Waals surface area contributed by atoms with Crippen molar-refractivity contribution in [2.75, 3.05) is 5.73 Å². The molecule has 2 aromatic rings. The van der Waals surface area contributed by atoms with Gasteiger partial charge in [0.1, 0.15) is 0 Å². The molecule has 0 aliphatic carbocycles. The van der Waals surface area contributed by atoms with Crippen LogP contribution >= 0.6 is 11.8 Å². The molecule has 2 N–H and O–H groups in total. The maximum atomic E-state index is 8.82. The van der Waals surface area contributed by atoms with Crippen molar-refractivity contribution in [3.63, 3.8) is 0 Å². The standard InChI is InChI=1S/C18H20N2S/c1-18(2,3)14-4-6-15(7-5-14)21-16-8-9-17(20)13(12-16)10-11-19/h4-9,12H,10,20H2,1-3H3. The summed E-state index contributed by atoms with van der Waals surface area (Å²) in [7, 11) is 0. The molecule has 108 valence electrons. The molecule has 0 aromatic heterocycles. The van der Waals surface area contributed by atoms with Crippen molar-refractivity contribution in [1.82, 2.24) is 0 Å². The highest BCUT2D eigenvalue weighted by Crippen LogP contribution is 2.31. The molecule has 0 unspecified atom stereocenters. The summed E-state index contributed by atoms with van der Waals surface area (Å²) in [6, 6.07) is 16.7. The van der Waals surface area contributed by atoms with Gasteiger partial charge in [-0.3, -0.25) is 0 Å². The number of nitrogens with zero attached hydrogens (tertiary/aromatic N) is 1. The van der Waals surface area contributed by atoms with Crippen LogP contribution in [0.15, 0.2) is 52.3 Å². The van der Waals surface area contributed by atoms with Gasteiger partial charge in [0.05, 0.1) is 12.5 Å². The van der Waals surface area contributed by atoms with E-state index in [0.717, 1.165) is 10.5 Å². The molecule has 0 spiro atoms. The molecular weight excluding hydrogens is 276 g/mol. The van der Waals surface area contributed by atoms with Crippen LogP contribution in [-0.2, 0) is 11.8 Å². The highest BCUT2D eigenvalue weighted by Gasteiger charge is 2.13. The van der Waals surface area contributed by atoms with E-state index >= 15 is 0 Å². The first-order valence-electron chi connectivity index (χ1n) is 6.94. The van der Waals surface area contributed by atoms with Gasteiger partial charge in [-0.25, -0.2) is 0 Å². The first-order chi connectivity index (χ1) is 9.90. The maximum Gasteiger partial charge on any atom is 0.0670 e. The zero-order valence-electron chi connectivity index (χ0n) is 12.7. The minimum Gasteiger partial charge on any atom is -0.398 e. The lowest BCUT2D eigenvalue weighted by molar-refractivity contribution is 0.590. The highest BCUT2D eigenvalue weighted by molar-refractivity contribution is 7.99. The van der Waals surface area contributed by atoms with E-state index in [2.05, 4.69) is 51.1 Å². The second kappa shape index (κ2) is 6.24. The van der Waals surface area contributed by atoms with Gasteiger partial charge < -0.3 is 5.73 Å². The summed E-state index contributed by atoms with van der Waals surface area (Å²) in [5.74, 6) is 0. The van der Waals surface area contributed by atoms with E-state index in [0.29, 0.717) is 12.1 Å². The Kier molecular flexibility index (Phi) is 4.59. The van der Waals surface area contributed by atoms with Gasteiger partial charge in [0, 0.05) is 15.5 Å². The Morgan fingerprint density at radius 3 is 2.24 bits per heavy atom. The molecule has 2 rings (SSSR count). The van der Waals surface area contributed by atoms with Crippen molar-refractivity contribution in [3.8, 4) is 6.07 Å². The molecule has 0 atom stereocenters. The smallest absolute Gasteiger partial charge is 0.0670 e. The van der Waals surface area contributed by atoms with E-state index in [4.69, 9.17) is 11.0 Å². The fourth-order valence-corrected chi connectivity index (χ4v) is 2.92. The average Bonchev–Trinajstić information content (AvgIpc) is 2.42. The normalized spacial score (nSPS) is 11.1. The fourth-order valence-electron chi connectivity index (χ4n) is 2.04. The Bertz CT molecular complexity index is 661. The van der Waals surface area contributed by atoms with Crippen LogP contribution in [0.25, 0.3) is 0 Å². The number of benzene rings is 2. The van der Waals surface area contributed by atoms with E-state index in [1.807, 2.05) is 18.2 Å². The number of nitrogen functional groups attached to an aromatic ring is 1. The van der Waals surface area contributed by atoms with Gasteiger partial charge in [-0.15, -0.1) is 0 Å². The Labute approximate surface area is 131 Å². The van der Waals surface area contributed by atoms with Crippen LogP contribution in [0.2, 0.25) is 0 Å². The van der Waals surface area contributed by atoms with E-state index in [-0.39, 0.29) is 5.41 Å². The monoisotopic (exact) mass is 296 g/mol. The van der Waals surface area contributed by atoms with Crippen molar-refractivity contribution in [1.29, 1.82) is 5.26 Å². The molecule has 0 radical (unpaired) electrons. The van der Waals surface area contributed by atoms with Crippen LogP contribution in [0.4, 0.5) is 5.69 Å². The molecule has 2 nitrogen and oxygen atoms in total. The average molecular weight is 296 g/mol. The molecule has 0 bridgehead atoms. The Hall–Kier alpha value is -1.92. The third-order valence-electron chi connectivity index (χ3n) is 3.34. The van der Waals surface area contributed by atoms with E-state index in [9.17, 15) is 0 Å². The summed E-state index contributed by atoms with van der Waals surface area (Å²) < 4.78 is 0. The molecule has 0 saturated carbocycles. The lowest BCUT2D eigenvalue weighted by Gasteiger charge is -2.19. The lowest BCUT2D eigenvalue weighted by atomic mass is 9.87. The predicted molar refractivity (Wildman–Crippen MR) is 89.4 cm³/mol. The first kappa shape index (κ1) is 15.5. The highest BCUT2D eigenvalue weighted by atomic mass is 32.2. The van der Waals surface area contributed by atoms with Crippen molar-refractivity contribution in [2.24, 2.45) is 0 Å². The van der Waals surface area contributed by atoms with Gasteiger partial charge in [-0.2, -0.15) is 5.26 Å². The maximum absolute atomic E-state index is 8.82. The summed E-state index contributed by atoms with van der Waals surface area (Å²) in [6.07, 6.45) is 0.350. The summed E-state index contributed by atoms with van der Waals surface area (Å²) in [6.45, 7) is 6.63. The molecule has 2 aromatic carbocycles. The lowest BCUT2D eigenvalue weighted by Crippen LogP contribution is -2.10. The van der Waals surface area contributed by atoms with Crippen LogP contribution in [0, 0.1) is 11.3 Å². The van der Waals surface area contributed by atoms with Crippen LogP contribution in [0.1, 0.15) is 31.9 Å². The van der Waals surface area contributed by atoms with Crippen molar-refractivity contribution in [2.45, 2.75) is 42.4 Å². The van der Waals surface area contributed by atoms with Gasteiger partial charge >= 0.3 is 0 Å². The second-order valence-electron chi connectivity index (χ2n) is 6.07. The summed E-state index contributed by atoms with van der Waals surface area (Å²) in [4.78, 5) is 2.30. The number of hydrogen-bond acceptors (Lipinski definition) is 3. The molecule has 0 saturated heterocycles. The molecule has 21 heavy (non-hydrogen) atoms. The Balaban J connectivity index is 2.19. The summed E-state index contributed by atoms with van der Waals surface area (Å²) in [5.41, 5.74) is 8.96. The van der Waals surface area contributed by atoms with Crippen molar-refractivity contribution < 1.29 is 0 Å². The van der Waals surface area contributed by atoms with Crippen molar-refractivity contribution >= 4 is 17.4 Å². The predicted octanol–water partition coefficient (Wildman–Crippen LogP) is 4.78. The number of nitrogens with two attached hydrogens (primary N) is 1. The van der Waals surface area contributed by atoms with Gasteiger partial charge in [-0.1, -0.05) is 44.7 Å². The first-order valence-corrected chi connectivity index (χ1v) is 7.75. The summed E-state index contributed by atoms with van der Waals surface area (Å²) in [5, 5.41) is 8.82. The largest absolute Gasteiger partial charge is 0.398 e. The van der Waals surface area contributed by atoms with Crippen LogP contribution in [0.3, 0.4) is 0 Å². The molecular formula is C18H20N2S. The molecule has 0 aliphatic rings. The molecule has 0 amide bonds. The van der Waals surface area contributed by atoms with Crippen LogP contribution in [0.5, 0.6) is 0 Å². The minimum atomic E-state index is 0.171. The number of nitriles is 1. The van der Waals surface area contributed by atoms with E-state index in [1.54, 1.807) is 11.8 Å². The summed E-state index contributed by atoms with van der Waals surface area (Å²) >= 11 is 1.69. The van der Waals surface area contributed by atoms with Crippen molar-refractivity contribution in [3.05, 3.63) is 53.6 Å². The SMILES string of the molecule is CC(C)(C)c1ccc(Sc2ccc(N)c(CC#N)c2)cc1. The van der Waals surface area contributed by atoms with E-state index in [1.165, 1.54) is 10.5 Å². The molecule has 0 heterocycles. The quantitative estimate of drug-likeness (QED) is 0.829. The second-order valence-corrected chi connectivity index (χ2v) is 7.22. The third-order valence-corrected chi connectivity index (χ3v) is 4.34. The number of rotatable bonds is 3. The van der Waals surface area contributed by atoms with Gasteiger partial charge in [0.15, 0.2) is 0 Å². The fraction of sp³-hybridized carbons (Fsp3) is 0.278. The van der Waals surface area contributed by atoms with E-state index < -0.39 is 0 Å². The third kappa shape index (κ3) is 4.03. The van der Waals surface area contributed by atoms with Gasteiger partial charge in [0.2, 0.25) is 0 Å². The zero-order chi connectivity index (χ0) is 15.5. The molecule has 0 aliphatic heterocycles. The topological polar surface area (TPSA) is 49.8 Å².